The molecule has 1 unspecified atom stereocenters. The molecule has 2 rings (SSSR count). The smallest absolute Gasteiger partial charge is 0.115 e. The van der Waals surface area contributed by atoms with Crippen molar-refractivity contribution in [2.45, 2.75) is 64.8 Å². The number of benzene rings is 1. The lowest BCUT2D eigenvalue weighted by Crippen LogP contribution is -2.37. The molecule has 1 aliphatic rings. The van der Waals surface area contributed by atoms with Crippen LogP contribution >= 0.6 is 0 Å². The topological polar surface area (TPSA) is 32.3 Å². The highest BCUT2D eigenvalue weighted by Gasteiger charge is 2.31. The average molecular weight is 275 g/mol. The van der Waals surface area contributed by atoms with Crippen molar-refractivity contribution >= 4 is 0 Å². The van der Waals surface area contributed by atoms with Crippen molar-refractivity contribution in [3.05, 3.63) is 29.8 Å². The van der Waals surface area contributed by atoms with Gasteiger partial charge in [-0.1, -0.05) is 31.9 Å². The molecule has 1 saturated carbocycles. The maximum atomic E-state index is 9.28. The van der Waals surface area contributed by atoms with Crippen LogP contribution in [0.25, 0.3) is 0 Å². The lowest BCUT2D eigenvalue weighted by atomic mass is 9.83. The maximum absolute atomic E-state index is 9.28. The number of hydrogen-bond donors (Lipinski definition) is 2. The highest BCUT2D eigenvalue weighted by Crippen LogP contribution is 2.40. The Morgan fingerprint density at radius 2 is 1.85 bits per heavy atom. The molecule has 2 N–H and O–H groups in total. The Morgan fingerprint density at radius 1 is 1.20 bits per heavy atom. The summed E-state index contributed by atoms with van der Waals surface area (Å²) in [7, 11) is 0. The van der Waals surface area contributed by atoms with Gasteiger partial charge in [0.2, 0.25) is 0 Å². The molecule has 1 aromatic rings. The van der Waals surface area contributed by atoms with Crippen LogP contribution in [0, 0.1) is 5.41 Å². The van der Waals surface area contributed by atoms with Crippen LogP contribution in [0.5, 0.6) is 5.75 Å². The summed E-state index contributed by atoms with van der Waals surface area (Å²) in [5.74, 6) is 0.353. The minimum atomic E-state index is 0.353. The van der Waals surface area contributed by atoms with E-state index >= 15 is 0 Å². The van der Waals surface area contributed by atoms with Crippen LogP contribution < -0.4 is 5.32 Å². The molecule has 0 bridgehead atoms. The van der Waals surface area contributed by atoms with Gasteiger partial charge in [0.15, 0.2) is 0 Å². The zero-order chi connectivity index (χ0) is 14.4. The Morgan fingerprint density at radius 3 is 2.45 bits per heavy atom. The van der Waals surface area contributed by atoms with Crippen LogP contribution in [0.2, 0.25) is 0 Å². The predicted molar refractivity (Wildman–Crippen MR) is 85.1 cm³/mol. The minimum Gasteiger partial charge on any atom is -0.508 e. The van der Waals surface area contributed by atoms with E-state index in [4.69, 9.17) is 0 Å². The fourth-order valence-corrected chi connectivity index (χ4v) is 3.32. The van der Waals surface area contributed by atoms with Gasteiger partial charge in [0.25, 0.3) is 0 Å². The number of rotatable bonds is 7. The van der Waals surface area contributed by atoms with Gasteiger partial charge >= 0.3 is 0 Å². The molecule has 0 spiro atoms. The second-order valence-electron chi connectivity index (χ2n) is 6.55. The Labute approximate surface area is 123 Å². The van der Waals surface area contributed by atoms with Gasteiger partial charge in [-0.15, -0.1) is 0 Å². The molecule has 2 heteroatoms. The number of nitrogens with one attached hydrogen (secondary N) is 1. The number of hydrogen-bond acceptors (Lipinski definition) is 2. The third-order valence-corrected chi connectivity index (χ3v) is 5.04. The number of aryl methyl sites for hydroxylation is 1. The maximum Gasteiger partial charge on any atom is 0.115 e. The zero-order valence-corrected chi connectivity index (χ0v) is 13.0. The first kappa shape index (κ1) is 15.4. The van der Waals surface area contributed by atoms with Gasteiger partial charge in [-0.3, -0.25) is 0 Å². The van der Waals surface area contributed by atoms with Gasteiger partial charge in [-0.05, 0) is 62.1 Å². The summed E-state index contributed by atoms with van der Waals surface area (Å²) < 4.78 is 0. The second-order valence-corrected chi connectivity index (χ2v) is 6.55. The Hall–Kier alpha value is -1.02. The van der Waals surface area contributed by atoms with Gasteiger partial charge < -0.3 is 10.4 Å². The molecule has 0 aliphatic heterocycles. The van der Waals surface area contributed by atoms with Crippen molar-refractivity contribution in [3.63, 3.8) is 0 Å². The Kier molecular flexibility index (Phi) is 5.47. The van der Waals surface area contributed by atoms with Gasteiger partial charge in [0, 0.05) is 12.6 Å². The summed E-state index contributed by atoms with van der Waals surface area (Å²) >= 11 is 0. The molecule has 1 fully saturated rings. The molecule has 1 aromatic carbocycles. The van der Waals surface area contributed by atoms with E-state index in [-0.39, 0.29) is 0 Å². The number of phenols is 1. The summed E-state index contributed by atoms with van der Waals surface area (Å²) in [6, 6.07) is 8.16. The fourth-order valence-electron chi connectivity index (χ4n) is 3.32. The molecule has 0 heterocycles. The normalized spacial score (nSPS) is 19.1. The molecule has 20 heavy (non-hydrogen) atoms. The van der Waals surface area contributed by atoms with Crippen molar-refractivity contribution in [3.8, 4) is 5.75 Å². The minimum absolute atomic E-state index is 0.353. The standard InChI is InChI=1S/C18H29NO/c1-3-18(12-4-5-13-18)14-19-15(2)6-7-16-8-10-17(20)11-9-16/h8-11,15,19-20H,3-7,12-14H2,1-2H3. The lowest BCUT2D eigenvalue weighted by molar-refractivity contribution is 0.256. The van der Waals surface area contributed by atoms with Crippen LogP contribution in [0.1, 0.15) is 57.9 Å². The van der Waals surface area contributed by atoms with E-state index in [1.54, 1.807) is 12.1 Å². The van der Waals surface area contributed by atoms with E-state index in [0.717, 1.165) is 12.8 Å². The van der Waals surface area contributed by atoms with Crippen molar-refractivity contribution in [2.75, 3.05) is 6.54 Å². The second kappa shape index (κ2) is 7.12. The first-order valence-corrected chi connectivity index (χ1v) is 8.15. The molecule has 1 aliphatic carbocycles. The molecular weight excluding hydrogens is 246 g/mol. The van der Waals surface area contributed by atoms with Crippen LogP contribution in [0.3, 0.4) is 0 Å². The molecule has 0 saturated heterocycles. The van der Waals surface area contributed by atoms with Gasteiger partial charge in [0.05, 0.1) is 0 Å². The molecule has 0 aromatic heterocycles. The number of phenolic OH excluding ortho intramolecular Hbond substituents is 1. The lowest BCUT2D eigenvalue weighted by Gasteiger charge is -2.29. The van der Waals surface area contributed by atoms with Gasteiger partial charge in [-0.25, -0.2) is 0 Å². The van der Waals surface area contributed by atoms with Gasteiger partial charge in [0.1, 0.15) is 5.75 Å². The molecule has 0 radical (unpaired) electrons. The SMILES string of the molecule is CCC1(CNC(C)CCc2ccc(O)cc2)CCCC1. The van der Waals surface area contributed by atoms with Crippen molar-refractivity contribution in [1.82, 2.24) is 5.32 Å². The molecule has 112 valence electrons. The summed E-state index contributed by atoms with van der Waals surface area (Å²) in [4.78, 5) is 0. The molecule has 0 amide bonds. The Balaban J connectivity index is 1.72. The summed E-state index contributed by atoms with van der Waals surface area (Å²) in [6.07, 6.45) is 9.18. The van der Waals surface area contributed by atoms with Gasteiger partial charge in [-0.2, -0.15) is 0 Å². The first-order valence-electron chi connectivity index (χ1n) is 8.15. The van der Waals surface area contributed by atoms with Crippen molar-refractivity contribution < 1.29 is 5.11 Å². The zero-order valence-electron chi connectivity index (χ0n) is 13.0. The Bertz CT molecular complexity index is 392. The molecule has 2 nitrogen and oxygen atoms in total. The van der Waals surface area contributed by atoms with Crippen molar-refractivity contribution in [1.29, 1.82) is 0 Å². The van der Waals surface area contributed by atoms with E-state index in [1.807, 2.05) is 12.1 Å². The van der Waals surface area contributed by atoms with Crippen LogP contribution in [0.15, 0.2) is 24.3 Å². The highest BCUT2D eigenvalue weighted by atomic mass is 16.3. The van der Waals surface area contributed by atoms with Crippen LogP contribution in [-0.4, -0.2) is 17.7 Å². The van der Waals surface area contributed by atoms with Crippen LogP contribution in [-0.2, 0) is 6.42 Å². The van der Waals surface area contributed by atoms with Crippen LogP contribution in [0.4, 0.5) is 0 Å². The molecular formula is C18H29NO. The summed E-state index contributed by atoms with van der Waals surface area (Å²) in [5, 5.41) is 13.0. The average Bonchev–Trinajstić information content (AvgIpc) is 2.94. The van der Waals surface area contributed by atoms with E-state index in [1.165, 1.54) is 44.2 Å². The van der Waals surface area contributed by atoms with E-state index in [2.05, 4.69) is 19.2 Å². The third-order valence-electron chi connectivity index (χ3n) is 5.04. The predicted octanol–water partition coefficient (Wildman–Crippen LogP) is 4.27. The third kappa shape index (κ3) is 4.24. The van der Waals surface area contributed by atoms with E-state index in [9.17, 15) is 5.11 Å². The first-order chi connectivity index (χ1) is 9.63. The highest BCUT2D eigenvalue weighted by molar-refractivity contribution is 5.25. The summed E-state index contributed by atoms with van der Waals surface area (Å²) in [5.41, 5.74) is 1.88. The van der Waals surface area contributed by atoms with Crippen molar-refractivity contribution in [2.24, 2.45) is 5.41 Å². The quantitative estimate of drug-likeness (QED) is 0.778. The monoisotopic (exact) mass is 275 g/mol. The largest absolute Gasteiger partial charge is 0.508 e. The number of aromatic hydroxyl groups is 1. The summed E-state index contributed by atoms with van der Waals surface area (Å²) in [6.45, 7) is 5.81. The van der Waals surface area contributed by atoms with E-state index < -0.39 is 0 Å². The fraction of sp³-hybridized carbons (Fsp3) is 0.667. The van der Waals surface area contributed by atoms with E-state index in [0.29, 0.717) is 17.2 Å². The molecule has 1 atom stereocenters.